The Hall–Kier alpha value is -3.00. The number of carbonyl (C=O) groups excluding carboxylic acids is 1. The second-order valence-corrected chi connectivity index (χ2v) is 10.4. The van der Waals surface area contributed by atoms with Gasteiger partial charge in [0.15, 0.2) is 0 Å². The molecule has 2 N–H and O–H groups in total. The van der Waals surface area contributed by atoms with Crippen molar-refractivity contribution < 1.29 is 4.79 Å². The summed E-state index contributed by atoms with van der Waals surface area (Å²) in [6.07, 6.45) is 12.0. The first kappa shape index (κ1) is 30.5. The molecule has 1 amide bonds. The van der Waals surface area contributed by atoms with Crippen LogP contribution in [0.3, 0.4) is 0 Å². The van der Waals surface area contributed by atoms with Crippen molar-refractivity contribution in [3.8, 4) is 0 Å². The summed E-state index contributed by atoms with van der Waals surface area (Å²) in [5.41, 5.74) is 3.30. The minimum Gasteiger partial charge on any atom is -0.336 e. The summed E-state index contributed by atoms with van der Waals surface area (Å²) in [7, 11) is 2.11. The Balaban J connectivity index is 0.000000298. The maximum atomic E-state index is 12.6. The van der Waals surface area contributed by atoms with Crippen LogP contribution in [-0.2, 0) is 17.8 Å². The number of carbonyl (C=O) groups is 1. The fourth-order valence-electron chi connectivity index (χ4n) is 5.21. The standard InChI is InChI=1S/C21H28N4O2.C11H19N/c26-20(7-9-22-10-14-24-11-3-4-12-24)25-13-8-17-16-5-1-2-6-18(16)21(27)23-19(17)15-25;1-5-8-11(9-6-2)10-12(4)7-3/h1-2,5-6,22H,3-4,7-15H2,(H,23,27);5-6,8-9H,1,7,10H2,2-4H3/b;9-6-,11-8+. The summed E-state index contributed by atoms with van der Waals surface area (Å²) in [5.74, 6) is 0.156. The van der Waals surface area contributed by atoms with Crippen LogP contribution in [-0.4, -0.2) is 85.0 Å². The van der Waals surface area contributed by atoms with Crippen molar-refractivity contribution in [3.05, 3.63) is 82.3 Å². The monoisotopic (exact) mass is 533 g/mol. The molecular weight excluding hydrogens is 486 g/mol. The average Bonchev–Trinajstić information content (AvgIpc) is 3.47. The number of hydrogen-bond donors (Lipinski definition) is 2. The van der Waals surface area contributed by atoms with E-state index in [4.69, 9.17) is 0 Å². The number of nitrogens with zero attached hydrogens (tertiary/aromatic N) is 3. The van der Waals surface area contributed by atoms with E-state index in [0.717, 1.165) is 55.6 Å². The molecule has 3 heterocycles. The molecule has 0 bridgehead atoms. The molecular formula is C32H47N5O2. The third-order valence-corrected chi connectivity index (χ3v) is 7.48. The second kappa shape index (κ2) is 16.2. The molecule has 1 aromatic heterocycles. The topological polar surface area (TPSA) is 71.7 Å². The third-order valence-electron chi connectivity index (χ3n) is 7.48. The highest BCUT2D eigenvalue weighted by atomic mass is 16.2. The first-order valence-electron chi connectivity index (χ1n) is 14.4. The molecule has 212 valence electrons. The quantitative estimate of drug-likeness (QED) is 0.336. The Bertz CT molecular complexity index is 1190. The van der Waals surface area contributed by atoms with Crippen LogP contribution < -0.4 is 10.9 Å². The van der Waals surface area contributed by atoms with Gasteiger partial charge in [-0.05, 0) is 75.5 Å². The summed E-state index contributed by atoms with van der Waals surface area (Å²) in [4.78, 5) is 34.5. The van der Waals surface area contributed by atoms with E-state index in [9.17, 15) is 9.59 Å². The van der Waals surface area contributed by atoms with Gasteiger partial charge in [-0.2, -0.15) is 0 Å². The lowest BCUT2D eigenvalue weighted by Crippen LogP contribution is -2.39. The lowest BCUT2D eigenvalue weighted by atomic mass is 9.98. The van der Waals surface area contributed by atoms with Crippen molar-refractivity contribution in [1.82, 2.24) is 25.0 Å². The van der Waals surface area contributed by atoms with E-state index in [-0.39, 0.29) is 11.5 Å². The summed E-state index contributed by atoms with van der Waals surface area (Å²) in [6.45, 7) is 16.3. The molecule has 0 aliphatic carbocycles. The highest BCUT2D eigenvalue weighted by molar-refractivity contribution is 5.86. The van der Waals surface area contributed by atoms with Gasteiger partial charge in [-0.25, -0.2) is 0 Å². The van der Waals surface area contributed by atoms with Gasteiger partial charge in [0, 0.05) is 50.2 Å². The molecule has 0 saturated carbocycles. The van der Waals surface area contributed by atoms with Gasteiger partial charge in [0.1, 0.15) is 0 Å². The number of benzene rings is 1. The molecule has 0 radical (unpaired) electrons. The van der Waals surface area contributed by atoms with E-state index in [1.54, 1.807) is 0 Å². The van der Waals surface area contributed by atoms with E-state index < -0.39 is 0 Å². The fourth-order valence-corrected chi connectivity index (χ4v) is 5.21. The molecule has 0 spiro atoms. The zero-order valence-electron chi connectivity index (χ0n) is 24.2. The highest BCUT2D eigenvalue weighted by Gasteiger charge is 2.23. The lowest BCUT2D eigenvalue weighted by molar-refractivity contribution is -0.132. The largest absolute Gasteiger partial charge is 0.336 e. The van der Waals surface area contributed by atoms with E-state index in [1.165, 1.54) is 37.1 Å². The van der Waals surface area contributed by atoms with E-state index in [1.807, 2.05) is 48.2 Å². The average molecular weight is 534 g/mol. The molecule has 2 aromatic rings. The van der Waals surface area contributed by atoms with Crippen LogP contribution in [0.4, 0.5) is 0 Å². The van der Waals surface area contributed by atoms with Crippen molar-refractivity contribution in [2.24, 2.45) is 0 Å². The predicted molar refractivity (Wildman–Crippen MR) is 163 cm³/mol. The van der Waals surface area contributed by atoms with Crippen molar-refractivity contribution in [3.63, 3.8) is 0 Å². The lowest BCUT2D eigenvalue weighted by Gasteiger charge is -2.29. The number of likely N-dealkylation sites (N-methyl/N-ethyl adjacent to an activating group) is 1. The third kappa shape index (κ3) is 9.31. The summed E-state index contributed by atoms with van der Waals surface area (Å²) < 4.78 is 0. The number of nitrogens with one attached hydrogen (secondary N) is 2. The van der Waals surface area contributed by atoms with Gasteiger partial charge in [0.05, 0.1) is 6.54 Å². The Kier molecular flexibility index (Phi) is 12.7. The van der Waals surface area contributed by atoms with Crippen molar-refractivity contribution in [2.45, 2.75) is 46.1 Å². The molecule has 0 atom stereocenters. The Labute approximate surface area is 234 Å². The number of aromatic nitrogens is 1. The van der Waals surface area contributed by atoms with Gasteiger partial charge < -0.3 is 25.0 Å². The SMILES string of the molecule is C=C/C=C(\C=C/C)CN(C)CC.O=C(CCNCCN1CCCC1)N1CCc2c([nH]c(=O)c3ccccc23)C1. The van der Waals surface area contributed by atoms with Gasteiger partial charge in [-0.15, -0.1) is 0 Å². The molecule has 39 heavy (non-hydrogen) atoms. The Morgan fingerprint density at radius 2 is 1.90 bits per heavy atom. The maximum Gasteiger partial charge on any atom is 0.256 e. The summed E-state index contributed by atoms with van der Waals surface area (Å²) in [5, 5.41) is 5.14. The first-order chi connectivity index (χ1) is 19.0. The Morgan fingerprint density at radius 3 is 2.59 bits per heavy atom. The smallest absolute Gasteiger partial charge is 0.256 e. The van der Waals surface area contributed by atoms with Gasteiger partial charge in [-0.3, -0.25) is 9.59 Å². The molecule has 7 heteroatoms. The normalized spacial score (nSPS) is 16.0. The van der Waals surface area contributed by atoms with Crippen molar-refractivity contribution >= 4 is 16.7 Å². The van der Waals surface area contributed by atoms with Crippen LogP contribution >= 0.6 is 0 Å². The fraction of sp³-hybridized carbons (Fsp3) is 0.500. The summed E-state index contributed by atoms with van der Waals surface area (Å²) >= 11 is 0. The number of H-pyrrole nitrogens is 1. The molecule has 1 fully saturated rings. The number of rotatable bonds is 11. The number of pyridine rings is 1. The molecule has 2 aliphatic rings. The number of fused-ring (bicyclic) bond motifs is 3. The van der Waals surface area contributed by atoms with E-state index in [2.05, 4.69) is 52.8 Å². The van der Waals surface area contributed by atoms with Gasteiger partial charge in [0.25, 0.3) is 5.56 Å². The maximum absolute atomic E-state index is 12.6. The van der Waals surface area contributed by atoms with Crippen LogP contribution in [0.5, 0.6) is 0 Å². The van der Waals surface area contributed by atoms with Crippen molar-refractivity contribution in [2.75, 3.05) is 59.4 Å². The van der Waals surface area contributed by atoms with Crippen LogP contribution in [0.2, 0.25) is 0 Å². The minimum atomic E-state index is -0.0674. The zero-order chi connectivity index (χ0) is 28.0. The number of likely N-dealkylation sites (tertiary alicyclic amines) is 1. The minimum absolute atomic E-state index is 0.0674. The molecule has 1 aromatic carbocycles. The molecule has 0 unspecified atom stereocenters. The van der Waals surface area contributed by atoms with Gasteiger partial charge in [0.2, 0.25) is 5.91 Å². The van der Waals surface area contributed by atoms with Crippen LogP contribution in [0.1, 0.15) is 44.4 Å². The van der Waals surface area contributed by atoms with Crippen LogP contribution in [0.25, 0.3) is 10.8 Å². The Morgan fingerprint density at radius 1 is 1.15 bits per heavy atom. The molecule has 4 rings (SSSR count). The molecule has 2 aliphatic heterocycles. The van der Waals surface area contributed by atoms with Crippen LogP contribution in [0.15, 0.2) is 65.5 Å². The van der Waals surface area contributed by atoms with Gasteiger partial charge >= 0.3 is 0 Å². The zero-order valence-corrected chi connectivity index (χ0v) is 24.2. The van der Waals surface area contributed by atoms with Crippen LogP contribution in [0, 0.1) is 0 Å². The second-order valence-electron chi connectivity index (χ2n) is 10.4. The predicted octanol–water partition coefficient (Wildman–Crippen LogP) is 4.11. The van der Waals surface area contributed by atoms with Gasteiger partial charge in [-0.1, -0.05) is 56.0 Å². The van der Waals surface area contributed by atoms with E-state index >= 15 is 0 Å². The number of amides is 1. The number of allylic oxidation sites excluding steroid dienone is 3. The highest BCUT2D eigenvalue weighted by Crippen LogP contribution is 2.24. The van der Waals surface area contributed by atoms with E-state index in [0.29, 0.717) is 19.5 Å². The summed E-state index contributed by atoms with van der Waals surface area (Å²) in [6, 6.07) is 7.72. The van der Waals surface area contributed by atoms with Crippen molar-refractivity contribution in [1.29, 1.82) is 0 Å². The molecule has 1 saturated heterocycles. The first-order valence-corrected chi connectivity index (χ1v) is 14.4. The number of aromatic amines is 1. The number of hydrogen-bond acceptors (Lipinski definition) is 5. The molecule has 7 nitrogen and oxygen atoms in total.